The van der Waals surface area contributed by atoms with Crippen molar-refractivity contribution in [3.8, 4) is 11.5 Å². The van der Waals surface area contributed by atoms with E-state index in [2.05, 4.69) is 0 Å². The number of benzene rings is 1. The van der Waals surface area contributed by atoms with Gasteiger partial charge in [-0.25, -0.2) is 4.21 Å². The number of hydrogen-bond acceptors (Lipinski definition) is 3. The second kappa shape index (κ2) is 5.72. The maximum absolute atomic E-state index is 10.5. The molecular formula is C10H14O4S. The highest BCUT2D eigenvalue weighted by atomic mass is 32.2. The van der Waals surface area contributed by atoms with Gasteiger partial charge in [0.2, 0.25) is 0 Å². The van der Waals surface area contributed by atoms with Gasteiger partial charge in [0.1, 0.15) is 0 Å². The van der Waals surface area contributed by atoms with Crippen LogP contribution in [0.3, 0.4) is 0 Å². The molecule has 1 unspecified atom stereocenters. The molecule has 4 nitrogen and oxygen atoms in total. The van der Waals surface area contributed by atoms with E-state index >= 15 is 0 Å². The van der Waals surface area contributed by atoms with E-state index in [1.165, 1.54) is 0 Å². The van der Waals surface area contributed by atoms with E-state index in [0.29, 0.717) is 17.9 Å². The Balaban J connectivity index is 2.78. The highest BCUT2D eigenvalue weighted by Gasteiger charge is 2.05. The first-order valence-electron chi connectivity index (χ1n) is 4.45. The molecule has 0 saturated carbocycles. The predicted octanol–water partition coefficient (Wildman–Crippen LogP) is 1.47. The maximum atomic E-state index is 10.5. The van der Waals surface area contributed by atoms with Gasteiger partial charge in [-0.3, -0.25) is 0 Å². The summed E-state index contributed by atoms with van der Waals surface area (Å²) in [6, 6.07) is 5.45. The molecule has 0 heterocycles. The molecule has 1 aromatic rings. The van der Waals surface area contributed by atoms with E-state index in [-0.39, 0.29) is 5.75 Å². The Morgan fingerprint density at radius 2 is 1.93 bits per heavy atom. The van der Waals surface area contributed by atoms with E-state index in [1.807, 2.05) is 12.1 Å². The van der Waals surface area contributed by atoms with Crippen molar-refractivity contribution in [1.82, 2.24) is 0 Å². The van der Waals surface area contributed by atoms with Crippen LogP contribution in [0.4, 0.5) is 0 Å². The van der Waals surface area contributed by atoms with Crippen molar-refractivity contribution in [3.63, 3.8) is 0 Å². The Kier molecular flexibility index (Phi) is 4.58. The second-order valence-corrected chi connectivity index (χ2v) is 4.02. The Bertz CT molecular complexity index is 351. The monoisotopic (exact) mass is 230 g/mol. The zero-order valence-corrected chi connectivity index (χ0v) is 9.54. The highest BCUT2D eigenvalue weighted by molar-refractivity contribution is 7.79. The summed E-state index contributed by atoms with van der Waals surface area (Å²) in [5.74, 6) is 1.53. The Hall–Kier alpha value is -1.07. The van der Waals surface area contributed by atoms with Gasteiger partial charge in [-0.1, -0.05) is 6.07 Å². The molecule has 1 atom stereocenters. The van der Waals surface area contributed by atoms with Gasteiger partial charge in [0.15, 0.2) is 22.6 Å². The Labute approximate surface area is 91.5 Å². The number of methoxy groups -OCH3 is 2. The fraction of sp³-hybridized carbons (Fsp3) is 0.400. The van der Waals surface area contributed by atoms with Gasteiger partial charge >= 0.3 is 0 Å². The average molecular weight is 230 g/mol. The smallest absolute Gasteiger partial charge is 0.160 e. The molecule has 1 N–H and O–H groups in total. The van der Waals surface area contributed by atoms with Crippen molar-refractivity contribution in [2.24, 2.45) is 0 Å². The Morgan fingerprint density at radius 3 is 2.47 bits per heavy atom. The van der Waals surface area contributed by atoms with Crippen molar-refractivity contribution in [3.05, 3.63) is 23.8 Å². The van der Waals surface area contributed by atoms with Crippen molar-refractivity contribution < 1.29 is 18.2 Å². The summed E-state index contributed by atoms with van der Waals surface area (Å²) in [4.78, 5) is 0. The first-order chi connectivity index (χ1) is 7.17. The maximum Gasteiger partial charge on any atom is 0.160 e. The van der Waals surface area contributed by atoms with E-state index in [0.717, 1.165) is 5.56 Å². The first kappa shape index (κ1) is 12.0. The minimum atomic E-state index is -1.75. The molecule has 0 aromatic heterocycles. The molecule has 0 spiro atoms. The fourth-order valence-electron chi connectivity index (χ4n) is 1.24. The van der Waals surface area contributed by atoms with Crippen LogP contribution < -0.4 is 9.47 Å². The van der Waals surface area contributed by atoms with Crippen molar-refractivity contribution in [2.75, 3.05) is 20.0 Å². The van der Waals surface area contributed by atoms with Crippen molar-refractivity contribution >= 4 is 11.1 Å². The molecule has 0 radical (unpaired) electrons. The van der Waals surface area contributed by atoms with Crippen LogP contribution in [0.1, 0.15) is 5.56 Å². The molecule has 5 heteroatoms. The van der Waals surface area contributed by atoms with E-state index < -0.39 is 11.1 Å². The third-order valence-electron chi connectivity index (χ3n) is 2.01. The number of aryl methyl sites for hydroxylation is 1. The third-order valence-corrected chi connectivity index (χ3v) is 2.57. The van der Waals surface area contributed by atoms with Crippen LogP contribution in [0.2, 0.25) is 0 Å². The number of rotatable bonds is 5. The lowest BCUT2D eigenvalue weighted by atomic mass is 10.1. The summed E-state index contributed by atoms with van der Waals surface area (Å²) in [5.41, 5.74) is 0.954. The summed E-state index contributed by atoms with van der Waals surface area (Å²) in [7, 11) is 3.13. The van der Waals surface area contributed by atoms with Crippen LogP contribution in [0, 0.1) is 0 Å². The SMILES string of the molecule is COc1ccc(CCS(=O)O)cc1OC. The van der Waals surface area contributed by atoms with Crippen LogP contribution in [0.25, 0.3) is 0 Å². The Morgan fingerprint density at radius 1 is 1.27 bits per heavy atom. The molecule has 1 rings (SSSR count). The summed E-state index contributed by atoms with van der Waals surface area (Å²) >= 11 is -1.75. The lowest BCUT2D eigenvalue weighted by molar-refractivity contribution is 0.354. The van der Waals surface area contributed by atoms with Gasteiger partial charge in [-0.2, -0.15) is 0 Å². The van der Waals surface area contributed by atoms with Gasteiger partial charge in [0.25, 0.3) is 0 Å². The summed E-state index contributed by atoms with van der Waals surface area (Å²) in [6.45, 7) is 0. The minimum Gasteiger partial charge on any atom is -0.493 e. The fourth-order valence-corrected chi connectivity index (χ4v) is 1.65. The molecule has 0 aliphatic rings. The van der Waals surface area contributed by atoms with Crippen molar-refractivity contribution in [1.29, 1.82) is 0 Å². The van der Waals surface area contributed by atoms with Crippen LogP contribution in [0.15, 0.2) is 18.2 Å². The quantitative estimate of drug-likeness (QED) is 0.778. The topological polar surface area (TPSA) is 55.8 Å². The summed E-state index contributed by atoms with van der Waals surface area (Å²) < 4.78 is 29.4. The van der Waals surface area contributed by atoms with Gasteiger partial charge in [0.05, 0.1) is 20.0 Å². The van der Waals surface area contributed by atoms with Gasteiger partial charge in [0, 0.05) is 0 Å². The van der Waals surface area contributed by atoms with Crippen LogP contribution >= 0.6 is 0 Å². The van der Waals surface area contributed by atoms with Crippen LogP contribution in [-0.4, -0.2) is 28.7 Å². The van der Waals surface area contributed by atoms with Gasteiger partial charge < -0.3 is 14.0 Å². The van der Waals surface area contributed by atoms with E-state index in [9.17, 15) is 4.21 Å². The molecule has 0 amide bonds. The zero-order chi connectivity index (χ0) is 11.3. The highest BCUT2D eigenvalue weighted by Crippen LogP contribution is 2.27. The summed E-state index contributed by atoms with van der Waals surface area (Å²) in [6.07, 6.45) is 0.545. The first-order valence-corrected chi connectivity index (χ1v) is 5.73. The number of hydrogen-bond donors (Lipinski definition) is 1. The van der Waals surface area contributed by atoms with Crippen LogP contribution in [-0.2, 0) is 17.5 Å². The van der Waals surface area contributed by atoms with Crippen LogP contribution in [0.5, 0.6) is 11.5 Å². The molecule has 0 saturated heterocycles. The number of ether oxygens (including phenoxy) is 2. The molecule has 84 valence electrons. The van der Waals surface area contributed by atoms with E-state index in [1.54, 1.807) is 20.3 Å². The third kappa shape index (κ3) is 3.53. The summed E-state index contributed by atoms with van der Waals surface area (Å²) in [5, 5.41) is 0. The molecule has 0 fully saturated rings. The van der Waals surface area contributed by atoms with E-state index in [4.69, 9.17) is 14.0 Å². The minimum absolute atomic E-state index is 0.232. The normalized spacial score (nSPS) is 12.2. The molecule has 0 bridgehead atoms. The predicted molar refractivity (Wildman–Crippen MR) is 58.9 cm³/mol. The molecule has 0 aliphatic carbocycles. The molecular weight excluding hydrogens is 216 g/mol. The molecule has 0 aliphatic heterocycles. The standard InChI is InChI=1S/C10H14O4S/c1-13-9-4-3-8(5-6-15(11)12)7-10(9)14-2/h3-4,7H,5-6H2,1-2H3,(H,11,12). The average Bonchev–Trinajstić information content (AvgIpc) is 2.25. The van der Waals surface area contributed by atoms with Gasteiger partial charge in [-0.05, 0) is 24.1 Å². The molecule has 15 heavy (non-hydrogen) atoms. The lowest BCUT2D eigenvalue weighted by Gasteiger charge is -2.08. The zero-order valence-electron chi connectivity index (χ0n) is 8.73. The van der Waals surface area contributed by atoms with Gasteiger partial charge in [-0.15, -0.1) is 0 Å². The molecule has 1 aromatic carbocycles. The van der Waals surface area contributed by atoms with Crippen molar-refractivity contribution in [2.45, 2.75) is 6.42 Å². The largest absolute Gasteiger partial charge is 0.493 e. The second-order valence-electron chi connectivity index (χ2n) is 2.96. The lowest BCUT2D eigenvalue weighted by Crippen LogP contribution is -2.00.